The van der Waals surface area contributed by atoms with E-state index in [2.05, 4.69) is 51.8 Å². The van der Waals surface area contributed by atoms with E-state index in [9.17, 15) is 38.4 Å². The molecule has 1 fully saturated rings. The Morgan fingerprint density at radius 3 is 1.86 bits per heavy atom. The molecule has 4 rings (SSSR count). The van der Waals surface area contributed by atoms with Crippen LogP contribution in [0.4, 0.5) is 4.79 Å². The van der Waals surface area contributed by atoms with Crippen LogP contribution in [0.5, 0.6) is 0 Å². The number of carbonyl (C=O) groups is 8. The molecule has 0 saturated carbocycles. The Labute approximate surface area is 421 Å². The maximum Gasteiger partial charge on any atom is 0.410 e. The number of amides is 8. The average molecular weight is 1000 g/mol. The minimum absolute atomic E-state index is 0.0159. The highest BCUT2D eigenvalue weighted by Gasteiger charge is 2.39. The van der Waals surface area contributed by atoms with Crippen molar-refractivity contribution in [3.8, 4) is 0 Å². The number of aromatic amines is 2. The number of ether oxygens (including phenoxy) is 1. The van der Waals surface area contributed by atoms with Gasteiger partial charge in [0.25, 0.3) is 0 Å². The fourth-order valence-electron chi connectivity index (χ4n) is 8.30. The van der Waals surface area contributed by atoms with E-state index in [0.29, 0.717) is 43.6 Å². The molecule has 1 aliphatic rings. The number of likely N-dealkylation sites (tertiary alicyclic amines) is 1. The fourth-order valence-corrected chi connectivity index (χ4v) is 8.30. The number of aromatic nitrogens is 4. The number of hydrogen-bond donors (Lipinski definition) is 10. The number of nitrogens with zero attached hydrogens (tertiary/aromatic N) is 3. The maximum absolute atomic E-state index is 14.4. The molecule has 22 nitrogen and oxygen atoms in total. The molecule has 9 atom stereocenters. The molecule has 1 aromatic carbocycles. The Morgan fingerprint density at radius 2 is 1.32 bits per heavy atom. The summed E-state index contributed by atoms with van der Waals surface area (Å²) in [4.78, 5) is 125. The van der Waals surface area contributed by atoms with Crippen LogP contribution in [0.3, 0.4) is 0 Å². The molecule has 1 aliphatic heterocycles. The Kier molecular flexibility index (Phi) is 21.7. The van der Waals surface area contributed by atoms with Crippen molar-refractivity contribution in [2.24, 2.45) is 29.2 Å². The van der Waals surface area contributed by atoms with Gasteiger partial charge < -0.3 is 58.1 Å². The van der Waals surface area contributed by atoms with Crippen molar-refractivity contribution in [3.05, 3.63) is 72.3 Å². The van der Waals surface area contributed by atoms with Gasteiger partial charge >= 0.3 is 6.09 Å². The van der Waals surface area contributed by atoms with Gasteiger partial charge in [-0.05, 0) is 63.4 Å². The van der Waals surface area contributed by atoms with E-state index in [1.165, 1.54) is 29.9 Å². The number of nitrogens with one attached hydrogen (secondary N) is 8. The zero-order chi connectivity index (χ0) is 53.3. The molecule has 3 heterocycles. The number of H-pyrrole nitrogens is 2. The van der Waals surface area contributed by atoms with Gasteiger partial charge in [-0.2, -0.15) is 0 Å². The molecule has 8 amide bonds. The summed E-state index contributed by atoms with van der Waals surface area (Å²) in [7, 11) is 0. The van der Waals surface area contributed by atoms with Crippen molar-refractivity contribution in [3.63, 3.8) is 0 Å². The van der Waals surface area contributed by atoms with Gasteiger partial charge in [-0.15, -0.1) is 0 Å². The van der Waals surface area contributed by atoms with Gasteiger partial charge in [-0.25, -0.2) is 14.8 Å². The summed E-state index contributed by atoms with van der Waals surface area (Å²) in [5, 5.41) is 16.9. The number of imidazole rings is 2. The van der Waals surface area contributed by atoms with E-state index in [1.54, 1.807) is 53.7 Å². The predicted molar refractivity (Wildman–Crippen MR) is 268 cm³/mol. The van der Waals surface area contributed by atoms with Gasteiger partial charge in [0.05, 0.1) is 12.7 Å². The molecular formula is C50H77N13O9. The molecule has 396 valence electrons. The van der Waals surface area contributed by atoms with E-state index in [-0.39, 0.29) is 37.5 Å². The lowest BCUT2D eigenvalue weighted by Crippen LogP contribution is -2.60. The summed E-state index contributed by atoms with van der Waals surface area (Å²) < 4.78 is 5.57. The van der Waals surface area contributed by atoms with Crippen LogP contribution in [0.1, 0.15) is 111 Å². The molecule has 0 bridgehead atoms. The summed E-state index contributed by atoms with van der Waals surface area (Å²) in [6.45, 7) is 16.4. The van der Waals surface area contributed by atoms with Crippen LogP contribution in [0.2, 0.25) is 0 Å². The largest absolute Gasteiger partial charge is 0.444 e. The van der Waals surface area contributed by atoms with Gasteiger partial charge in [-0.3, -0.25) is 38.5 Å². The van der Waals surface area contributed by atoms with Crippen molar-refractivity contribution in [1.82, 2.24) is 56.7 Å². The van der Waals surface area contributed by atoms with E-state index in [1.807, 2.05) is 39.0 Å². The first kappa shape index (κ1) is 57.7. The Bertz CT molecular complexity index is 2250. The second-order valence-electron chi connectivity index (χ2n) is 20.4. The van der Waals surface area contributed by atoms with Crippen LogP contribution in [-0.4, -0.2) is 133 Å². The van der Waals surface area contributed by atoms with Crippen molar-refractivity contribution in [1.29, 1.82) is 0 Å². The quantitative estimate of drug-likeness (QED) is 0.0546. The van der Waals surface area contributed by atoms with Gasteiger partial charge in [0.15, 0.2) is 0 Å². The first-order chi connectivity index (χ1) is 34.0. The molecule has 0 unspecified atom stereocenters. The highest BCUT2D eigenvalue weighted by Crippen LogP contribution is 2.22. The van der Waals surface area contributed by atoms with Gasteiger partial charge in [-0.1, -0.05) is 78.3 Å². The molecule has 2 aromatic heterocycles. The summed E-state index contributed by atoms with van der Waals surface area (Å²) >= 11 is 0. The predicted octanol–water partition coefficient (Wildman–Crippen LogP) is 1.42. The van der Waals surface area contributed by atoms with Crippen molar-refractivity contribution in [2.75, 3.05) is 6.54 Å². The summed E-state index contributed by atoms with van der Waals surface area (Å²) in [5.41, 5.74) is 13.4. The van der Waals surface area contributed by atoms with Gasteiger partial charge in [0, 0.05) is 68.1 Å². The zero-order valence-electron chi connectivity index (χ0n) is 43.1. The molecule has 12 N–H and O–H groups in total. The third kappa shape index (κ3) is 18.1. The van der Waals surface area contributed by atoms with Gasteiger partial charge in [0.1, 0.15) is 41.9 Å². The van der Waals surface area contributed by atoms with Crippen molar-refractivity contribution in [2.45, 2.75) is 168 Å². The molecule has 72 heavy (non-hydrogen) atoms. The van der Waals surface area contributed by atoms with Crippen molar-refractivity contribution < 1.29 is 43.1 Å². The smallest absolute Gasteiger partial charge is 0.410 e. The first-order valence-corrected chi connectivity index (χ1v) is 24.8. The molecule has 0 spiro atoms. The number of hydrogen-bond acceptors (Lipinski definition) is 12. The molecule has 3 aromatic rings. The third-order valence-electron chi connectivity index (χ3n) is 12.4. The fraction of sp³-hybridized carbons (Fsp3) is 0.600. The SMILES string of the molecule is CC[C@H](C)[C@H](NC(=O)[C@@H](NC(=O)C[C@H](N)[C@H](CC(C)C)NC(=O)[C@H](Cc1cnc[nH]1)NC(=O)[C@H](Cc1ccccc1)NC(=O)[C@@H]1CCCN1C(=O)OC(C)(C)C)C(C)C)C(=O)N[C@@H](Cc1cnc[nH]1)C(N)=O. The monoisotopic (exact) mass is 1000 g/mol. The number of primary amides is 1. The lowest BCUT2D eigenvalue weighted by atomic mass is 9.94. The average Bonchev–Trinajstić information content (AvgIpc) is 4.13. The van der Waals surface area contributed by atoms with Crippen LogP contribution in [-0.2, 0) is 57.6 Å². The molecule has 0 aliphatic carbocycles. The minimum Gasteiger partial charge on any atom is -0.444 e. The third-order valence-corrected chi connectivity index (χ3v) is 12.4. The van der Waals surface area contributed by atoms with Crippen LogP contribution < -0.4 is 43.4 Å². The van der Waals surface area contributed by atoms with Crippen LogP contribution in [0, 0.1) is 17.8 Å². The Hall–Kier alpha value is -6.84. The molecular weight excluding hydrogens is 927 g/mol. The zero-order valence-corrected chi connectivity index (χ0v) is 43.1. The Morgan fingerprint density at radius 1 is 0.750 bits per heavy atom. The van der Waals surface area contributed by atoms with Gasteiger partial charge in [0.2, 0.25) is 41.4 Å². The number of rotatable bonds is 26. The summed E-state index contributed by atoms with van der Waals surface area (Å²) in [6.07, 6.45) is 6.77. The summed E-state index contributed by atoms with van der Waals surface area (Å²) in [6, 6.07) is 0.724. The van der Waals surface area contributed by atoms with Crippen LogP contribution >= 0.6 is 0 Å². The number of nitrogens with two attached hydrogens (primary N) is 2. The normalized spacial score (nSPS) is 17.1. The lowest BCUT2D eigenvalue weighted by Gasteiger charge is -2.31. The minimum atomic E-state index is -1.22. The topological polar surface area (TPSA) is 331 Å². The van der Waals surface area contributed by atoms with Crippen LogP contribution in [0.25, 0.3) is 0 Å². The van der Waals surface area contributed by atoms with E-state index in [4.69, 9.17) is 16.2 Å². The second kappa shape index (κ2) is 27.1. The standard InChI is InChI=1S/C50H77N13O9/c1-10-30(6)42(48(70)58-36(43(52)65)21-32-24-53-26-55-32)62-47(69)41(29(4)5)61-40(64)23-34(51)35(19-28(2)3)57-45(67)38(22-33-25-54-27-56-33)59-44(66)37(20-31-15-12-11-13-16-31)60-46(68)39-17-14-18-63(39)49(71)72-50(7,8)9/h11-13,15-16,24-30,34-39,41-42H,10,14,17-23,51H2,1-9H3,(H2,52,65)(H,53,55)(H,54,56)(H,57,67)(H,58,70)(H,59,66)(H,60,68)(H,61,64)(H,62,69)/t30-,34-,35-,36-,37-,38-,39-,41-,42-/m0/s1. The molecule has 0 radical (unpaired) electrons. The number of benzene rings is 1. The molecule has 22 heteroatoms. The highest BCUT2D eigenvalue weighted by atomic mass is 16.6. The highest BCUT2D eigenvalue weighted by molar-refractivity contribution is 5.96. The van der Waals surface area contributed by atoms with E-state index < -0.39 is 107 Å². The number of carbonyl (C=O) groups excluding carboxylic acids is 8. The van der Waals surface area contributed by atoms with Crippen LogP contribution in [0.15, 0.2) is 55.4 Å². The summed E-state index contributed by atoms with van der Waals surface area (Å²) in [5.74, 6) is -5.29. The second-order valence-corrected chi connectivity index (χ2v) is 20.4. The first-order valence-electron chi connectivity index (χ1n) is 24.8. The van der Waals surface area contributed by atoms with Crippen molar-refractivity contribution >= 4 is 47.4 Å². The van der Waals surface area contributed by atoms with E-state index in [0.717, 1.165) is 5.56 Å². The van der Waals surface area contributed by atoms with E-state index >= 15 is 0 Å². The molecule has 1 saturated heterocycles. The lowest BCUT2D eigenvalue weighted by molar-refractivity contribution is -0.135. The Balaban J connectivity index is 1.50. The maximum atomic E-state index is 14.4.